The highest BCUT2D eigenvalue weighted by Crippen LogP contribution is 2.40. The quantitative estimate of drug-likeness (QED) is 0.0694. The number of nitrogens with zero attached hydrogens (tertiary/aromatic N) is 2. The van der Waals surface area contributed by atoms with Crippen LogP contribution in [0.1, 0.15) is 223 Å². The van der Waals surface area contributed by atoms with Crippen LogP contribution in [0.5, 0.6) is 0 Å². The fourth-order valence-electron chi connectivity index (χ4n) is 10.2. The first kappa shape index (κ1) is 57.4. The fraction of sp³-hybridized carbons (Fsp3) is 0.581. The summed E-state index contributed by atoms with van der Waals surface area (Å²) in [5.41, 5.74) is 10.4. The number of unbranched alkanes of at least 4 members (excludes halogenated alkanes) is 4. The predicted molar refractivity (Wildman–Crippen MR) is 287 cm³/mol. The lowest BCUT2D eigenvalue weighted by Gasteiger charge is -2.20. The van der Waals surface area contributed by atoms with E-state index >= 15 is 0 Å². The number of carbonyl (C=O) groups is 2. The van der Waals surface area contributed by atoms with Gasteiger partial charge in [0.25, 0.3) is 0 Å². The fourth-order valence-corrected chi connectivity index (χ4v) is 10.2. The Morgan fingerprint density at radius 2 is 1.06 bits per heavy atom. The van der Waals surface area contributed by atoms with Crippen molar-refractivity contribution in [2.24, 2.45) is 0 Å². The van der Waals surface area contributed by atoms with E-state index in [9.17, 15) is 14.0 Å². The Bertz CT molecular complexity index is 2060. The highest BCUT2D eigenvalue weighted by Gasteiger charge is 2.30. The first-order chi connectivity index (χ1) is 32.0. The van der Waals surface area contributed by atoms with Gasteiger partial charge in [0.05, 0.1) is 0 Å². The van der Waals surface area contributed by atoms with Crippen LogP contribution in [-0.4, -0.2) is 61.6 Å². The first-order valence-electron chi connectivity index (χ1n) is 26.4. The van der Waals surface area contributed by atoms with Crippen LogP contribution < -0.4 is 0 Å². The van der Waals surface area contributed by atoms with Crippen molar-refractivity contribution in [1.82, 2.24) is 9.80 Å². The summed E-state index contributed by atoms with van der Waals surface area (Å²) in [4.78, 5) is 30.7. The van der Waals surface area contributed by atoms with Gasteiger partial charge in [-0.3, -0.25) is 9.59 Å². The maximum absolute atomic E-state index is 14.0. The Labute approximate surface area is 409 Å². The van der Waals surface area contributed by atoms with E-state index in [0.717, 1.165) is 28.7 Å². The molecule has 4 aromatic carbocycles. The van der Waals surface area contributed by atoms with Crippen molar-refractivity contribution < 1.29 is 14.0 Å². The van der Waals surface area contributed by atoms with Crippen LogP contribution >= 0.6 is 0 Å². The average Bonchev–Trinajstić information content (AvgIpc) is 4.04. The molecule has 2 saturated carbocycles. The minimum atomic E-state index is -1.33. The topological polar surface area (TPSA) is 40.6 Å². The van der Waals surface area contributed by atoms with Crippen LogP contribution in [0.3, 0.4) is 0 Å². The van der Waals surface area contributed by atoms with Gasteiger partial charge in [-0.1, -0.05) is 159 Å². The third kappa shape index (κ3) is 17.2. The third-order valence-electron chi connectivity index (χ3n) is 14.7. The van der Waals surface area contributed by atoms with Crippen LogP contribution in [0.2, 0.25) is 0 Å². The van der Waals surface area contributed by atoms with Gasteiger partial charge in [0.1, 0.15) is 11.5 Å². The van der Waals surface area contributed by atoms with Gasteiger partial charge >= 0.3 is 0 Å². The third-order valence-corrected chi connectivity index (χ3v) is 14.7. The molecule has 0 radical (unpaired) electrons. The van der Waals surface area contributed by atoms with Crippen molar-refractivity contribution in [2.75, 3.05) is 28.2 Å². The van der Waals surface area contributed by atoms with E-state index in [0.29, 0.717) is 42.3 Å². The molecule has 5 unspecified atom stereocenters. The van der Waals surface area contributed by atoms with Crippen LogP contribution in [0.25, 0.3) is 0 Å². The maximum Gasteiger partial charge on any atom is 0.170 e. The maximum atomic E-state index is 14.0. The summed E-state index contributed by atoms with van der Waals surface area (Å²) in [6.07, 6.45) is 16.3. The van der Waals surface area contributed by atoms with Crippen LogP contribution in [0, 0.1) is 13.8 Å². The number of aryl methyl sites for hydroxylation is 4. The zero-order chi connectivity index (χ0) is 49.8. The number of rotatable bonds is 19. The molecule has 2 fully saturated rings. The summed E-state index contributed by atoms with van der Waals surface area (Å²) in [6.45, 7) is 21.9. The van der Waals surface area contributed by atoms with Crippen molar-refractivity contribution in [3.05, 3.63) is 141 Å². The monoisotopic (exact) mass is 917 g/mol. The molecule has 0 saturated heterocycles. The largest absolute Gasteiger partial charge is 0.306 e. The van der Waals surface area contributed by atoms with E-state index < -0.39 is 5.67 Å². The Kier molecular flexibility index (Phi) is 24.4. The molecule has 370 valence electrons. The minimum absolute atomic E-state index is 0.102. The molecule has 5 heteroatoms. The van der Waals surface area contributed by atoms with E-state index in [1.165, 1.54) is 98.4 Å². The van der Waals surface area contributed by atoms with Gasteiger partial charge in [0.15, 0.2) is 5.78 Å². The van der Waals surface area contributed by atoms with Crippen LogP contribution in [0.15, 0.2) is 84.9 Å². The van der Waals surface area contributed by atoms with Crippen LogP contribution in [-0.2, 0) is 23.3 Å². The van der Waals surface area contributed by atoms with Gasteiger partial charge in [-0.2, -0.15) is 0 Å². The van der Waals surface area contributed by atoms with Crippen molar-refractivity contribution in [3.8, 4) is 0 Å². The Hall–Kier alpha value is -3.93. The van der Waals surface area contributed by atoms with Crippen LogP contribution in [0.4, 0.5) is 4.39 Å². The predicted octanol–water partition coefficient (Wildman–Crippen LogP) is 16.4. The summed E-state index contributed by atoms with van der Waals surface area (Å²) in [7, 11) is 8.73. The molecule has 0 heterocycles. The lowest BCUT2D eigenvalue weighted by molar-refractivity contribution is -0.120. The van der Waals surface area contributed by atoms with Gasteiger partial charge in [-0.05, 0) is 176 Å². The van der Waals surface area contributed by atoms with Crippen molar-refractivity contribution in [1.29, 1.82) is 0 Å². The zero-order valence-corrected chi connectivity index (χ0v) is 45.0. The molecule has 0 N–H and O–H groups in total. The lowest BCUT2D eigenvalue weighted by atomic mass is 9.87. The minimum Gasteiger partial charge on any atom is -0.306 e. The SMILES string of the molecule is CC.CC.CCCCCCCc1ccc(C(=O)C(C)c2ccc(C3CCC(N(C)C)C3)c(C)c2)cc1.Cc1cc(C(C)C(=O)CCc2ccc(C(C)(C)F)cc2)ccc1C1CC[C@@H](N(C)C)C1. The molecular formula is C62H93FN2O2. The molecule has 6 rings (SSSR count). The molecule has 4 aromatic rings. The number of carbonyl (C=O) groups excluding carboxylic acids is 2. The van der Waals surface area contributed by atoms with Gasteiger partial charge in [0, 0.05) is 35.9 Å². The number of ketones is 2. The highest BCUT2D eigenvalue weighted by molar-refractivity contribution is 6.00. The summed E-state index contributed by atoms with van der Waals surface area (Å²) in [5, 5.41) is 0. The van der Waals surface area contributed by atoms with E-state index in [1.807, 2.05) is 71.0 Å². The second-order valence-corrected chi connectivity index (χ2v) is 20.3. The average molecular weight is 917 g/mol. The second kappa shape index (κ2) is 28.5. The first-order valence-corrected chi connectivity index (χ1v) is 26.4. The molecule has 0 aromatic heterocycles. The van der Waals surface area contributed by atoms with Gasteiger partial charge < -0.3 is 9.80 Å². The molecule has 2 aliphatic carbocycles. The number of hydrogen-bond acceptors (Lipinski definition) is 4. The number of Topliss-reactive ketones (excluding diaryl/α,β-unsaturated/α-hetero) is 2. The van der Waals surface area contributed by atoms with Gasteiger partial charge in [-0.15, -0.1) is 0 Å². The van der Waals surface area contributed by atoms with E-state index in [2.05, 4.69) is 114 Å². The molecule has 0 amide bonds. The Morgan fingerprint density at radius 3 is 1.49 bits per heavy atom. The highest BCUT2D eigenvalue weighted by atomic mass is 19.1. The van der Waals surface area contributed by atoms with Crippen molar-refractivity contribution in [3.63, 3.8) is 0 Å². The molecule has 0 aliphatic heterocycles. The van der Waals surface area contributed by atoms with Crippen molar-refractivity contribution in [2.45, 2.75) is 207 Å². The summed E-state index contributed by atoms with van der Waals surface area (Å²) in [6, 6.07) is 30.6. The molecule has 0 spiro atoms. The number of benzene rings is 4. The van der Waals surface area contributed by atoms with Gasteiger partial charge in [0.2, 0.25) is 0 Å². The van der Waals surface area contributed by atoms with Crippen molar-refractivity contribution >= 4 is 11.6 Å². The zero-order valence-electron chi connectivity index (χ0n) is 45.0. The Balaban J connectivity index is 0.000000331. The van der Waals surface area contributed by atoms with E-state index in [4.69, 9.17) is 0 Å². The normalized spacial score (nSPS) is 18.8. The summed E-state index contributed by atoms with van der Waals surface area (Å²) >= 11 is 0. The van der Waals surface area contributed by atoms with E-state index in [1.54, 1.807) is 13.8 Å². The molecule has 4 nitrogen and oxygen atoms in total. The number of halogens is 1. The summed E-state index contributed by atoms with van der Waals surface area (Å²) < 4.78 is 14.0. The molecule has 2 aliphatic rings. The summed E-state index contributed by atoms with van der Waals surface area (Å²) in [5.74, 6) is 1.55. The molecule has 0 bridgehead atoms. The van der Waals surface area contributed by atoms with Gasteiger partial charge in [-0.25, -0.2) is 4.39 Å². The molecule has 6 atom stereocenters. The smallest absolute Gasteiger partial charge is 0.170 e. The molecular weight excluding hydrogens is 824 g/mol. The lowest BCUT2D eigenvalue weighted by Crippen LogP contribution is -2.24. The number of hydrogen-bond donors (Lipinski definition) is 0. The molecule has 67 heavy (non-hydrogen) atoms. The standard InChI is InChI=1S/C30H43NO.C28H38FNO.2C2H6/c1-6-7-8-9-10-11-24-12-14-25(15-13-24)30(32)23(3)26-17-19-29(22(2)20-26)27-16-18-28(21-27)31(4)5;1-19-17-22(11-15-26(19)23-10-14-25(18-23)30(5)6)20(2)27(31)16-9-21-7-12-24(13-8-21)28(3,4)29;2*1-2/h12-15,17,19-20,23,27-28H,6-11,16,18,21H2,1-5H3;7-8,11-13,15,17,20,23,25H,9-10,14,16,18H2,1-6H3;2*1-2H3/t;20?,23?,25-;;/m.1../s1. The second-order valence-electron chi connectivity index (χ2n) is 20.3. The van der Waals surface area contributed by atoms with E-state index in [-0.39, 0.29) is 23.4 Å². The Morgan fingerprint density at radius 1 is 0.612 bits per heavy atom. The number of alkyl halides is 1.